The van der Waals surface area contributed by atoms with Crippen molar-refractivity contribution < 1.29 is 0 Å². The molecule has 5 nitrogen and oxygen atoms in total. The maximum absolute atomic E-state index is 8.93. The fourth-order valence-corrected chi connectivity index (χ4v) is 2.22. The fraction of sp³-hybridized carbons (Fsp3) is 0.312. The molecule has 0 radical (unpaired) electrons. The molecular weight excluding hydrogens is 262 g/mol. The van der Waals surface area contributed by atoms with Gasteiger partial charge in [-0.1, -0.05) is 26.0 Å². The summed E-state index contributed by atoms with van der Waals surface area (Å²) >= 11 is 0. The van der Waals surface area contributed by atoms with E-state index < -0.39 is 0 Å². The minimum atomic E-state index is 0.307. The summed E-state index contributed by atoms with van der Waals surface area (Å²) in [6.45, 7) is 4.84. The van der Waals surface area contributed by atoms with Crippen molar-refractivity contribution >= 4 is 11.6 Å². The lowest BCUT2D eigenvalue weighted by Crippen LogP contribution is -2.09. The molecule has 1 aromatic carbocycles. The van der Waals surface area contributed by atoms with Gasteiger partial charge in [0.25, 0.3) is 0 Å². The highest BCUT2D eigenvalue weighted by atomic mass is 15.1. The third-order valence-corrected chi connectivity index (χ3v) is 3.21. The second-order valence-corrected chi connectivity index (χ2v) is 5.05. The van der Waals surface area contributed by atoms with Crippen LogP contribution in [0.25, 0.3) is 0 Å². The molecule has 1 aromatic heterocycles. The highest BCUT2D eigenvalue weighted by Crippen LogP contribution is 2.28. The van der Waals surface area contributed by atoms with Crippen LogP contribution >= 0.6 is 0 Å². The van der Waals surface area contributed by atoms with E-state index in [9.17, 15) is 0 Å². The number of benzene rings is 1. The standard InChI is InChI=1S/C16H19N5/c1-11(2)14-15(18-3)20-10-21-16(14)19-9-13-6-4-5-12(7-13)8-17/h4-7,10-11H,9H2,1-3H3,(H2,18,19,20,21). The Morgan fingerprint density at radius 1 is 1.24 bits per heavy atom. The van der Waals surface area contributed by atoms with Gasteiger partial charge in [-0.2, -0.15) is 5.26 Å². The van der Waals surface area contributed by atoms with Crippen molar-refractivity contribution in [3.8, 4) is 6.07 Å². The molecule has 0 saturated heterocycles. The molecule has 2 rings (SSSR count). The molecule has 2 aromatic rings. The number of nitrogens with one attached hydrogen (secondary N) is 2. The normalized spacial score (nSPS) is 10.2. The van der Waals surface area contributed by atoms with E-state index in [1.807, 2.05) is 25.2 Å². The molecule has 2 N–H and O–H groups in total. The summed E-state index contributed by atoms with van der Waals surface area (Å²) in [5.74, 6) is 1.97. The molecule has 21 heavy (non-hydrogen) atoms. The minimum Gasteiger partial charge on any atom is -0.373 e. The van der Waals surface area contributed by atoms with Crippen LogP contribution in [0.2, 0.25) is 0 Å². The Labute approximate surface area is 125 Å². The quantitative estimate of drug-likeness (QED) is 0.880. The molecule has 1 heterocycles. The van der Waals surface area contributed by atoms with E-state index in [-0.39, 0.29) is 0 Å². The second-order valence-electron chi connectivity index (χ2n) is 5.05. The number of aromatic nitrogens is 2. The van der Waals surface area contributed by atoms with E-state index in [2.05, 4.69) is 40.5 Å². The second kappa shape index (κ2) is 6.71. The molecule has 0 amide bonds. The van der Waals surface area contributed by atoms with Gasteiger partial charge in [-0.3, -0.25) is 0 Å². The van der Waals surface area contributed by atoms with E-state index in [0.29, 0.717) is 18.0 Å². The van der Waals surface area contributed by atoms with Gasteiger partial charge in [0.2, 0.25) is 0 Å². The SMILES string of the molecule is CNc1ncnc(NCc2cccc(C#N)c2)c1C(C)C. The maximum Gasteiger partial charge on any atom is 0.135 e. The van der Waals surface area contributed by atoms with Crippen molar-refractivity contribution in [2.75, 3.05) is 17.7 Å². The van der Waals surface area contributed by atoms with Gasteiger partial charge < -0.3 is 10.6 Å². The number of nitrogens with zero attached hydrogens (tertiary/aromatic N) is 3. The van der Waals surface area contributed by atoms with Crippen LogP contribution in [0.4, 0.5) is 11.6 Å². The van der Waals surface area contributed by atoms with Crippen LogP contribution in [0.5, 0.6) is 0 Å². The van der Waals surface area contributed by atoms with E-state index in [4.69, 9.17) is 5.26 Å². The zero-order valence-corrected chi connectivity index (χ0v) is 12.5. The van der Waals surface area contributed by atoms with Crippen molar-refractivity contribution in [3.05, 3.63) is 47.3 Å². The Balaban J connectivity index is 2.22. The summed E-state index contributed by atoms with van der Waals surface area (Å²) in [4.78, 5) is 8.60. The van der Waals surface area contributed by atoms with Crippen LogP contribution in [0.15, 0.2) is 30.6 Å². The van der Waals surface area contributed by atoms with Gasteiger partial charge in [-0.05, 0) is 23.6 Å². The molecule has 5 heteroatoms. The predicted molar refractivity (Wildman–Crippen MR) is 84.2 cm³/mol. The molecule has 0 spiro atoms. The summed E-state index contributed by atoms with van der Waals surface area (Å²) in [6, 6.07) is 9.70. The smallest absolute Gasteiger partial charge is 0.135 e. The van der Waals surface area contributed by atoms with E-state index in [0.717, 1.165) is 22.8 Å². The minimum absolute atomic E-state index is 0.307. The van der Waals surface area contributed by atoms with Gasteiger partial charge in [0, 0.05) is 19.2 Å². The predicted octanol–water partition coefficient (Wildman–Crippen LogP) is 3.13. The Hall–Kier alpha value is -2.61. The summed E-state index contributed by atoms with van der Waals surface area (Å²) < 4.78 is 0. The summed E-state index contributed by atoms with van der Waals surface area (Å²) in [5.41, 5.74) is 2.78. The van der Waals surface area contributed by atoms with Crippen molar-refractivity contribution in [2.24, 2.45) is 0 Å². The topological polar surface area (TPSA) is 73.6 Å². The van der Waals surface area contributed by atoms with Crippen LogP contribution < -0.4 is 10.6 Å². The van der Waals surface area contributed by atoms with Gasteiger partial charge in [0.15, 0.2) is 0 Å². The van der Waals surface area contributed by atoms with E-state index in [1.165, 1.54) is 0 Å². The van der Waals surface area contributed by atoms with Gasteiger partial charge in [-0.15, -0.1) is 0 Å². The molecule has 0 fully saturated rings. The molecule has 0 aliphatic carbocycles. The highest BCUT2D eigenvalue weighted by Gasteiger charge is 2.13. The first-order chi connectivity index (χ1) is 10.2. The lowest BCUT2D eigenvalue weighted by molar-refractivity contribution is 0.846. The lowest BCUT2D eigenvalue weighted by Gasteiger charge is -2.16. The average Bonchev–Trinajstić information content (AvgIpc) is 2.52. The zero-order chi connectivity index (χ0) is 15.2. The zero-order valence-electron chi connectivity index (χ0n) is 12.5. The Morgan fingerprint density at radius 3 is 2.67 bits per heavy atom. The number of hydrogen-bond acceptors (Lipinski definition) is 5. The number of rotatable bonds is 5. The Morgan fingerprint density at radius 2 is 2.00 bits per heavy atom. The molecule has 0 atom stereocenters. The maximum atomic E-state index is 8.93. The van der Waals surface area contributed by atoms with Gasteiger partial charge in [0.1, 0.15) is 18.0 Å². The van der Waals surface area contributed by atoms with Crippen LogP contribution in [-0.2, 0) is 6.54 Å². The van der Waals surface area contributed by atoms with Crippen molar-refractivity contribution in [2.45, 2.75) is 26.3 Å². The van der Waals surface area contributed by atoms with E-state index in [1.54, 1.807) is 12.4 Å². The Kier molecular flexibility index (Phi) is 4.72. The summed E-state index contributed by atoms with van der Waals surface area (Å²) in [7, 11) is 1.86. The molecule has 108 valence electrons. The third-order valence-electron chi connectivity index (χ3n) is 3.21. The number of hydrogen-bond donors (Lipinski definition) is 2. The van der Waals surface area contributed by atoms with Gasteiger partial charge in [0.05, 0.1) is 11.6 Å². The van der Waals surface area contributed by atoms with Crippen molar-refractivity contribution in [3.63, 3.8) is 0 Å². The highest BCUT2D eigenvalue weighted by molar-refractivity contribution is 5.58. The number of nitriles is 1. The van der Waals surface area contributed by atoms with Crippen LogP contribution in [-0.4, -0.2) is 17.0 Å². The lowest BCUT2D eigenvalue weighted by atomic mass is 10.0. The van der Waals surface area contributed by atoms with Crippen LogP contribution in [0, 0.1) is 11.3 Å². The first kappa shape index (κ1) is 14.8. The Bertz CT molecular complexity index is 658. The third kappa shape index (κ3) is 3.48. The largest absolute Gasteiger partial charge is 0.373 e. The molecule has 0 aliphatic heterocycles. The first-order valence-corrected chi connectivity index (χ1v) is 6.91. The van der Waals surface area contributed by atoms with E-state index >= 15 is 0 Å². The van der Waals surface area contributed by atoms with Gasteiger partial charge >= 0.3 is 0 Å². The molecule has 0 saturated carbocycles. The van der Waals surface area contributed by atoms with Crippen LogP contribution in [0.3, 0.4) is 0 Å². The molecule has 0 aliphatic rings. The molecule has 0 unspecified atom stereocenters. The van der Waals surface area contributed by atoms with Crippen molar-refractivity contribution in [1.82, 2.24) is 9.97 Å². The van der Waals surface area contributed by atoms with Crippen molar-refractivity contribution in [1.29, 1.82) is 5.26 Å². The summed E-state index contributed by atoms with van der Waals surface area (Å²) in [6.07, 6.45) is 1.55. The monoisotopic (exact) mass is 281 g/mol. The average molecular weight is 281 g/mol. The van der Waals surface area contributed by atoms with Gasteiger partial charge in [-0.25, -0.2) is 9.97 Å². The first-order valence-electron chi connectivity index (χ1n) is 6.91. The fourth-order valence-electron chi connectivity index (χ4n) is 2.22. The molecular formula is C16H19N5. The number of anilines is 2. The molecule has 0 bridgehead atoms. The van der Waals surface area contributed by atoms with Crippen LogP contribution in [0.1, 0.15) is 36.5 Å². The summed E-state index contributed by atoms with van der Waals surface area (Å²) in [5, 5.41) is 15.4.